The molecule has 0 fully saturated rings. The highest BCUT2D eigenvalue weighted by molar-refractivity contribution is 5.86. The van der Waals surface area contributed by atoms with Crippen LogP contribution in [-0.4, -0.2) is 55.0 Å². The van der Waals surface area contributed by atoms with Crippen LogP contribution in [0.2, 0.25) is 0 Å². The second-order valence-electron chi connectivity index (χ2n) is 6.42. The molecule has 7 heteroatoms. The highest BCUT2D eigenvalue weighted by Gasteiger charge is 2.33. The number of hydrogen-bond acceptors (Lipinski definition) is 5. The highest BCUT2D eigenvalue weighted by Crippen LogP contribution is 2.23. The summed E-state index contributed by atoms with van der Waals surface area (Å²) in [5, 5.41) is 5.30. The third kappa shape index (κ3) is 5.29. The van der Waals surface area contributed by atoms with Gasteiger partial charge in [0.25, 0.3) is 0 Å². The Kier molecular flexibility index (Phi) is 6.52. The first-order chi connectivity index (χ1) is 11.9. The molecule has 0 aliphatic carbocycles. The van der Waals surface area contributed by atoms with Gasteiger partial charge < -0.3 is 15.4 Å². The second kappa shape index (κ2) is 8.62. The van der Waals surface area contributed by atoms with Crippen LogP contribution in [0.5, 0.6) is 0 Å². The lowest BCUT2D eigenvalue weighted by molar-refractivity contribution is -0.148. The van der Waals surface area contributed by atoms with Crippen molar-refractivity contribution in [3.63, 3.8) is 0 Å². The van der Waals surface area contributed by atoms with E-state index in [2.05, 4.69) is 10.6 Å². The maximum atomic E-state index is 12.2. The van der Waals surface area contributed by atoms with Gasteiger partial charge in [-0.3, -0.25) is 19.3 Å². The molecule has 0 saturated heterocycles. The summed E-state index contributed by atoms with van der Waals surface area (Å²) in [5.74, 6) is -0.899. The number of hydrogen-bond donors (Lipinski definition) is 2. The van der Waals surface area contributed by atoms with E-state index in [1.54, 1.807) is 4.90 Å². The molecule has 1 aliphatic rings. The van der Waals surface area contributed by atoms with Crippen LogP contribution < -0.4 is 10.6 Å². The van der Waals surface area contributed by atoms with Gasteiger partial charge in [-0.2, -0.15) is 0 Å². The van der Waals surface area contributed by atoms with Crippen molar-refractivity contribution in [3.8, 4) is 0 Å². The molecule has 1 heterocycles. The molecule has 1 atom stereocenters. The summed E-state index contributed by atoms with van der Waals surface area (Å²) in [4.78, 5) is 37.7. The van der Waals surface area contributed by atoms with E-state index in [1.165, 1.54) is 7.11 Å². The summed E-state index contributed by atoms with van der Waals surface area (Å²) in [5.41, 5.74) is 2.18. The average Bonchev–Trinajstić information content (AvgIpc) is 2.58. The summed E-state index contributed by atoms with van der Waals surface area (Å²) in [6.45, 7) is 4.15. The van der Waals surface area contributed by atoms with E-state index in [9.17, 15) is 14.4 Å². The summed E-state index contributed by atoms with van der Waals surface area (Å²) in [6, 6.07) is 7.36. The fourth-order valence-corrected chi connectivity index (χ4v) is 2.90. The number of methoxy groups -OCH3 is 1. The van der Waals surface area contributed by atoms with Crippen LogP contribution in [0.4, 0.5) is 0 Å². The van der Waals surface area contributed by atoms with Gasteiger partial charge in [-0.1, -0.05) is 24.3 Å². The number of nitrogens with one attached hydrogen (secondary N) is 2. The maximum Gasteiger partial charge on any atom is 0.323 e. The van der Waals surface area contributed by atoms with Crippen molar-refractivity contribution >= 4 is 17.8 Å². The summed E-state index contributed by atoms with van der Waals surface area (Å²) in [7, 11) is 1.34. The van der Waals surface area contributed by atoms with Crippen LogP contribution in [0, 0.1) is 0 Å². The minimum atomic E-state index is -0.504. The van der Waals surface area contributed by atoms with E-state index in [-0.39, 0.29) is 36.9 Å². The number of esters is 1. The van der Waals surface area contributed by atoms with Crippen molar-refractivity contribution in [2.24, 2.45) is 0 Å². The SMILES string of the molecule is COC(=O)[C@H]1Cc2ccccc2CN1CC(=O)NCC(=O)NC(C)C. The van der Waals surface area contributed by atoms with Crippen molar-refractivity contribution in [2.75, 3.05) is 20.2 Å². The Labute approximate surface area is 147 Å². The van der Waals surface area contributed by atoms with E-state index in [4.69, 9.17) is 4.74 Å². The Bertz CT molecular complexity index is 645. The molecule has 1 aromatic carbocycles. The summed E-state index contributed by atoms with van der Waals surface area (Å²) in [6.07, 6.45) is 0.504. The van der Waals surface area contributed by atoms with Gasteiger partial charge in [-0.05, 0) is 31.4 Å². The number of amides is 2. The Morgan fingerprint density at radius 3 is 2.52 bits per heavy atom. The van der Waals surface area contributed by atoms with Gasteiger partial charge in [0.05, 0.1) is 20.2 Å². The van der Waals surface area contributed by atoms with Crippen LogP contribution in [0.1, 0.15) is 25.0 Å². The molecule has 2 amide bonds. The molecule has 0 bridgehead atoms. The van der Waals surface area contributed by atoms with Gasteiger partial charge in [0.15, 0.2) is 0 Å². The monoisotopic (exact) mass is 347 g/mol. The van der Waals surface area contributed by atoms with Gasteiger partial charge in [0, 0.05) is 12.6 Å². The quantitative estimate of drug-likeness (QED) is 0.719. The molecule has 0 radical (unpaired) electrons. The van der Waals surface area contributed by atoms with E-state index in [0.29, 0.717) is 13.0 Å². The number of ether oxygens (including phenoxy) is 1. The third-order valence-corrected chi connectivity index (χ3v) is 4.06. The molecular formula is C18H25N3O4. The smallest absolute Gasteiger partial charge is 0.323 e. The number of rotatable bonds is 6. The molecule has 0 aromatic heterocycles. The van der Waals surface area contributed by atoms with Crippen molar-refractivity contribution in [2.45, 2.75) is 38.9 Å². The Balaban J connectivity index is 1.99. The van der Waals surface area contributed by atoms with Crippen molar-refractivity contribution < 1.29 is 19.1 Å². The predicted molar refractivity (Wildman–Crippen MR) is 92.6 cm³/mol. The second-order valence-corrected chi connectivity index (χ2v) is 6.42. The zero-order chi connectivity index (χ0) is 18.4. The number of fused-ring (bicyclic) bond motifs is 1. The minimum absolute atomic E-state index is 0.0201. The predicted octanol–water partition coefficient (Wildman–Crippen LogP) is 0.227. The van der Waals surface area contributed by atoms with Crippen LogP contribution in [0.3, 0.4) is 0 Å². The fourth-order valence-electron chi connectivity index (χ4n) is 2.90. The fraction of sp³-hybridized carbons (Fsp3) is 0.500. The lowest BCUT2D eigenvalue weighted by atomic mass is 9.94. The highest BCUT2D eigenvalue weighted by atomic mass is 16.5. The number of carbonyl (C=O) groups excluding carboxylic acids is 3. The molecule has 136 valence electrons. The van der Waals surface area contributed by atoms with Gasteiger partial charge in [-0.25, -0.2) is 0 Å². The van der Waals surface area contributed by atoms with Crippen LogP contribution in [-0.2, 0) is 32.1 Å². The molecular weight excluding hydrogens is 322 g/mol. The van der Waals surface area contributed by atoms with Crippen molar-refractivity contribution in [1.82, 2.24) is 15.5 Å². The molecule has 25 heavy (non-hydrogen) atoms. The average molecular weight is 347 g/mol. The molecule has 2 N–H and O–H groups in total. The first-order valence-corrected chi connectivity index (χ1v) is 8.35. The van der Waals surface area contributed by atoms with E-state index in [1.807, 2.05) is 38.1 Å². The minimum Gasteiger partial charge on any atom is -0.468 e. The maximum absolute atomic E-state index is 12.2. The van der Waals surface area contributed by atoms with Gasteiger partial charge in [-0.15, -0.1) is 0 Å². The molecule has 1 aromatic rings. The van der Waals surface area contributed by atoms with E-state index in [0.717, 1.165) is 11.1 Å². The van der Waals surface area contributed by atoms with Gasteiger partial charge in [0.1, 0.15) is 6.04 Å². The van der Waals surface area contributed by atoms with Crippen LogP contribution >= 0.6 is 0 Å². The molecule has 7 nitrogen and oxygen atoms in total. The Morgan fingerprint density at radius 2 is 1.88 bits per heavy atom. The topological polar surface area (TPSA) is 87.7 Å². The lowest BCUT2D eigenvalue weighted by Crippen LogP contribution is -2.51. The van der Waals surface area contributed by atoms with Crippen molar-refractivity contribution in [3.05, 3.63) is 35.4 Å². The molecule has 1 aliphatic heterocycles. The third-order valence-electron chi connectivity index (χ3n) is 4.06. The van der Waals surface area contributed by atoms with Gasteiger partial charge in [0.2, 0.25) is 11.8 Å². The van der Waals surface area contributed by atoms with E-state index >= 15 is 0 Å². The number of nitrogens with zero attached hydrogens (tertiary/aromatic N) is 1. The van der Waals surface area contributed by atoms with Crippen LogP contribution in [0.15, 0.2) is 24.3 Å². The number of benzene rings is 1. The largest absolute Gasteiger partial charge is 0.468 e. The van der Waals surface area contributed by atoms with Gasteiger partial charge >= 0.3 is 5.97 Å². The summed E-state index contributed by atoms with van der Waals surface area (Å²) >= 11 is 0. The lowest BCUT2D eigenvalue weighted by Gasteiger charge is -2.34. The molecule has 0 saturated carbocycles. The zero-order valence-electron chi connectivity index (χ0n) is 14.9. The number of carbonyl (C=O) groups is 3. The molecule has 0 spiro atoms. The first-order valence-electron chi connectivity index (χ1n) is 8.35. The molecule has 2 rings (SSSR count). The van der Waals surface area contributed by atoms with E-state index < -0.39 is 6.04 Å². The Hall–Kier alpha value is -2.41. The summed E-state index contributed by atoms with van der Waals surface area (Å²) < 4.78 is 4.88. The first kappa shape index (κ1) is 18.9. The standard InChI is InChI=1S/C18H25N3O4/c1-12(2)20-16(22)9-19-17(23)11-21-10-14-7-5-4-6-13(14)8-15(21)18(24)25-3/h4-7,12,15H,8-11H2,1-3H3,(H,19,23)(H,20,22)/t15-/m1/s1. The van der Waals surface area contributed by atoms with Crippen LogP contribution in [0.25, 0.3) is 0 Å². The molecule has 0 unspecified atom stereocenters. The van der Waals surface area contributed by atoms with Crippen molar-refractivity contribution in [1.29, 1.82) is 0 Å². The Morgan fingerprint density at radius 1 is 1.20 bits per heavy atom. The zero-order valence-corrected chi connectivity index (χ0v) is 14.9. The normalized spacial score (nSPS) is 16.9.